The van der Waals surface area contributed by atoms with Gasteiger partial charge in [-0.1, -0.05) is 0 Å². The zero-order valence-corrected chi connectivity index (χ0v) is 14.7. The zero-order chi connectivity index (χ0) is 17.1. The van der Waals surface area contributed by atoms with Crippen molar-refractivity contribution < 1.29 is 4.79 Å². The number of rotatable bonds is 5. The second kappa shape index (κ2) is 7.23. The monoisotopic (exact) mass is 355 g/mol. The smallest absolute Gasteiger partial charge is 0.227 e. The molecule has 0 aromatic carbocycles. The fourth-order valence-electron chi connectivity index (χ4n) is 3.48. The average molecular weight is 355 g/mol. The summed E-state index contributed by atoms with van der Waals surface area (Å²) in [6.45, 7) is 0.941. The summed E-state index contributed by atoms with van der Waals surface area (Å²) in [5.41, 5.74) is 1.64. The molecule has 1 fully saturated rings. The van der Waals surface area contributed by atoms with E-state index < -0.39 is 0 Å². The third-order valence-electron chi connectivity index (χ3n) is 4.91. The number of carbonyl (C=O) groups is 1. The molecule has 25 heavy (non-hydrogen) atoms. The predicted molar refractivity (Wildman–Crippen MR) is 101 cm³/mol. The highest BCUT2D eigenvalue weighted by Gasteiger charge is 2.26. The van der Waals surface area contributed by atoms with Gasteiger partial charge in [0.15, 0.2) is 5.13 Å². The van der Waals surface area contributed by atoms with Crippen LogP contribution in [-0.4, -0.2) is 27.4 Å². The van der Waals surface area contributed by atoms with Crippen LogP contribution in [0.4, 0.5) is 10.8 Å². The number of aromatic amines is 1. The summed E-state index contributed by atoms with van der Waals surface area (Å²) < 4.78 is 0. The zero-order valence-electron chi connectivity index (χ0n) is 13.9. The van der Waals surface area contributed by atoms with E-state index in [-0.39, 0.29) is 11.8 Å². The minimum absolute atomic E-state index is 0.0956. The number of aromatic nitrogens is 3. The van der Waals surface area contributed by atoms with Crippen molar-refractivity contribution in [2.24, 2.45) is 11.8 Å². The highest BCUT2D eigenvalue weighted by Crippen LogP contribution is 2.31. The predicted octanol–water partition coefficient (Wildman–Crippen LogP) is 3.88. The Kier molecular flexibility index (Phi) is 4.65. The molecule has 1 aliphatic rings. The summed E-state index contributed by atoms with van der Waals surface area (Å²) in [5.74, 6) is 0.837. The maximum Gasteiger partial charge on any atom is 0.227 e. The molecule has 3 N–H and O–H groups in total. The quantitative estimate of drug-likeness (QED) is 0.649. The lowest BCUT2D eigenvalue weighted by molar-refractivity contribution is -0.121. The highest BCUT2D eigenvalue weighted by molar-refractivity contribution is 7.13. The van der Waals surface area contributed by atoms with E-state index in [4.69, 9.17) is 0 Å². The first-order valence-electron chi connectivity index (χ1n) is 8.66. The number of hydrogen-bond donors (Lipinski definition) is 3. The molecule has 4 rings (SSSR count). The number of nitrogens with one attached hydrogen (secondary N) is 3. The Morgan fingerprint density at radius 2 is 2.08 bits per heavy atom. The average Bonchev–Trinajstić information content (AvgIpc) is 3.32. The first-order chi connectivity index (χ1) is 12.3. The van der Waals surface area contributed by atoms with Crippen molar-refractivity contribution in [1.82, 2.24) is 15.0 Å². The van der Waals surface area contributed by atoms with Gasteiger partial charge in [-0.25, -0.2) is 9.97 Å². The van der Waals surface area contributed by atoms with Crippen molar-refractivity contribution in [2.75, 3.05) is 17.2 Å². The normalized spacial score (nSPS) is 20.5. The van der Waals surface area contributed by atoms with Crippen LogP contribution in [0, 0.1) is 11.8 Å². The molecule has 0 radical (unpaired) electrons. The second-order valence-electron chi connectivity index (χ2n) is 6.52. The molecule has 0 unspecified atom stereocenters. The van der Waals surface area contributed by atoms with E-state index in [1.165, 1.54) is 0 Å². The minimum atomic E-state index is 0.0956. The van der Waals surface area contributed by atoms with Crippen molar-refractivity contribution in [3.05, 3.63) is 36.1 Å². The van der Waals surface area contributed by atoms with Crippen LogP contribution in [0.5, 0.6) is 0 Å². The van der Waals surface area contributed by atoms with Gasteiger partial charge in [0.25, 0.3) is 0 Å². The maximum absolute atomic E-state index is 12.6. The number of H-pyrrole nitrogens is 1. The largest absolute Gasteiger partial charge is 0.361 e. The first kappa shape index (κ1) is 16.1. The van der Waals surface area contributed by atoms with Gasteiger partial charge in [0.1, 0.15) is 5.65 Å². The number of anilines is 2. The molecule has 3 aromatic rings. The molecule has 0 aliphatic heterocycles. The van der Waals surface area contributed by atoms with Gasteiger partial charge in [-0.05, 0) is 43.7 Å². The van der Waals surface area contributed by atoms with Crippen LogP contribution in [0.25, 0.3) is 11.0 Å². The van der Waals surface area contributed by atoms with E-state index in [0.717, 1.165) is 54.1 Å². The van der Waals surface area contributed by atoms with Gasteiger partial charge in [-0.15, -0.1) is 11.3 Å². The van der Waals surface area contributed by atoms with Gasteiger partial charge in [0.05, 0.1) is 5.69 Å². The molecule has 3 heterocycles. The van der Waals surface area contributed by atoms with E-state index in [1.54, 1.807) is 17.5 Å². The Labute approximate surface area is 150 Å². The van der Waals surface area contributed by atoms with Gasteiger partial charge in [0, 0.05) is 41.8 Å². The summed E-state index contributed by atoms with van der Waals surface area (Å²) in [5, 5.41) is 10.4. The third kappa shape index (κ3) is 3.66. The van der Waals surface area contributed by atoms with Gasteiger partial charge in [-0.2, -0.15) is 0 Å². The van der Waals surface area contributed by atoms with Crippen molar-refractivity contribution in [2.45, 2.75) is 25.7 Å². The molecular weight excluding hydrogens is 334 g/mol. The van der Waals surface area contributed by atoms with Crippen LogP contribution in [0.15, 0.2) is 36.1 Å². The van der Waals surface area contributed by atoms with E-state index >= 15 is 0 Å². The van der Waals surface area contributed by atoms with Crippen LogP contribution in [-0.2, 0) is 4.79 Å². The number of amides is 1. The van der Waals surface area contributed by atoms with Gasteiger partial charge >= 0.3 is 0 Å². The molecule has 1 saturated carbocycles. The fourth-order valence-corrected chi connectivity index (χ4v) is 4.01. The molecule has 130 valence electrons. The maximum atomic E-state index is 12.6. The van der Waals surface area contributed by atoms with Crippen molar-refractivity contribution in [1.29, 1.82) is 0 Å². The van der Waals surface area contributed by atoms with E-state index in [0.29, 0.717) is 5.92 Å². The van der Waals surface area contributed by atoms with Crippen molar-refractivity contribution in [3.63, 3.8) is 0 Å². The molecule has 7 heteroatoms. The third-order valence-corrected chi connectivity index (χ3v) is 5.64. The Morgan fingerprint density at radius 3 is 2.88 bits per heavy atom. The minimum Gasteiger partial charge on any atom is -0.361 e. The summed E-state index contributed by atoms with van der Waals surface area (Å²) in [6.07, 6.45) is 9.41. The first-order valence-corrected chi connectivity index (χ1v) is 9.54. The molecule has 0 bridgehead atoms. The molecular formula is C18H21N5OS. The lowest BCUT2D eigenvalue weighted by atomic mass is 9.81. The topological polar surface area (TPSA) is 82.7 Å². The van der Waals surface area contributed by atoms with Crippen LogP contribution in [0.2, 0.25) is 0 Å². The summed E-state index contributed by atoms with van der Waals surface area (Å²) in [7, 11) is 0. The number of carbonyl (C=O) groups excluding carboxylic acids is 1. The Hall–Kier alpha value is -2.41. The van der Waals surface area contributed by atoms with Crippen LogP contribution in [0.3, 0.4) is 0 Å². The van der Waals surface area contributed by atoms with Crippen LogP contribution in [0.1, 0.15) is 25.7 Å². The molecule has 6 nitrogen and oxygen atoms in total. The Balaban J connectivity index is 1.30. The van der Waals surface area contributed by atoms with E-state index in [2.05, 4.69) is 25.6 Å². The molecule has 3 aromatic heterocycles. The van der Waals surface area contributed by atoms with Crippen LogP contribution >= 0.6 is 11.3 Å². The molecule has 0 spiro atoms. The molecule has 0 atom stereocenters. The molecule has 1 aliphatic carbocycles. The number of thiazole rings is 1. The highest BCUT2D eigenvalue weighted by atomic mass is 32.1. The number of pyridine rings is 1. The van der Waals surface area contributed by atoms with Crippen molar-refractivity contribution >= 4 is 39.1 Å². The second-order valence-corrected chi connectivity index (χ2v) is 7.42. The van der Waals surface area contributed by atoms with E-state index in [1.807, 2.05) is 29.9 Å². The SMILES string of the molecule is O=C(Nc1ccnc2[nH]ccc12)[C@H]1CC[C@H](CNc2nccs2)CC1. The lowest BCUT2D eigenvalue weighted by Crippen LogP contribution is -2.29. The van der Waals surface area contributed by atoms with Crippen LogP contribution < -0.4 is 10.6 Å². The number of fused-ring (bicyclic) bond motifs is 1. The van der Waals surface area contributed by atoms with Gasteiger partial charge < -0.3 is 15.6 Å². The van der Waals surface area contributed by atoms with Gasteiger partial charge in [-0.3, -0.25) is 4.79 Å². The Morgan fingerprint density at radius 1 is 1.20 bits per heavy atom. The van der Waals surface area contributed by atoms with Crippen molar-refractivity contribution in [3.8, 4) is 0 Å². The standard InChI is InChI=1S/C18H21N5OS/c24-17(23-15-6-8-20-16-14(15)5-7-19-16)13-3-1-12(2-4-13)11-22-18-21-9-10-25-18/h5-10,12-13H,1-4,11H2,(H,21,22)(H2,19,20,23,24)/t12-,13-. The summed E-state index contributed by atoms with van der Waals surface area (Å²) in [4.78, 5) is 24.2. The van der Waals surface area contributed by atoms with Gasteiger partial charge in [0.2, 0.25) is 5.91 Å². The lowest BCUT2D eigenvalue weighted by Gasteiger charge is -2.27. The summed E-state index contributed by atoms with van der Waals surface area (Å²) in [6, 6.07) is 3.80. The molecule has 1 amide bonds. The Bertz CT molecular complexity index is 836. The number of nitrogens with zero attached hydrogens (tertiary/aromatic N) is 2. The van der Waals surface area contributed by atoms with E-state index in [9.17, 15) is 4.79 Å². The fraction of sp³-hybridized carbons (Fsp3) is 0.389. The summed E-state index contributed by atoms with van der Waals surface area (Å²) >= 11 is 1.63. The number of hydrogen-bond acceptors (Lipinski definition) is 5. The molecule has 0 saturated heterocycles.